The van der Waals surface area contributed by atoms with Crippen LogP contribution in [0.15, 0.2) is 0 Å². The van der Waals surface area contributed by atoms with Crippen molar-refractivity contribution in [3.8, 4) is 12.0 Å². The van der Waals surface area contributed by atoms with E-state index in [4.69, 9.17) is 21.1 Å². The molecule has 0 spiro atoms. The SMILES string of the molecule is CCCOc1nc(Cl)nc(OC2CCCC2)n1. The Hall–Kier alpha value is -1.10. The summed E-state index contributed by atoms with van der Waals surface area (Å²) in [6.07, 6.45) is 5.59. The van der Waals surface area contributed by atoms with E-state index in [-0.39, 0.29) is 23.4 Å². The molecule has 2 rings (SSSR count). The fourth-order valence-electron chi connectivity index (χ4n) is 1.78. The van der Waals surface area contributed by atoms with Crippen molar-refractivity contribution in [2.75, 3.05) is 6.61 Å². The smallest absolute Gasteiger partial charge is 0.324 e. The molecule has 0 amide bonds. The van der Waals surface area contributed by atoms with Crippen molar-refractivity contribution in [3.05, 3.63) is 5.28 Å². The van der Waals surface area contributed by atoms with Gasteiger partial charge in [-0.2, -0.15) is 9.97 Å². The molecule has 0 saturated heterocycles. The highest BCUT2D eigenvalue weighted by molar-refractivity contribution is 6.28. The molecule has 1 aromatic heterocycles. The van der Waals surface area contributed by atoms with E-state index in [1.807, 2.05) is 6.92 Å². The highest BCUT2D eigenvalue weighted by Gasteiger charge is 2.18. The molecule has 1 aromatic rings. The summed E-state index contributed by atoms with van der Waals surface area (Å²) < 4.78 is 11.0. The van der Waals surface area contributed by atoms with Crippen LogP contribution in [0, 0.1) is 0 Å². The van der Waals surface area contributed by atoms with Crippen LogP contribution in [-0.2, 0) is 0 Å². The van der Waals surface area contributed by atoms with Crippen LogP contribution in [0.25, 0.3) is 0 Å². The maximum absolute atomic E-state index is 5.79. The number of hydrogen-bond acceptors (Lipinski definition) is 5. The van der Waals surface area contributed by atoms with Crippen LogP contribution in [0.3, 0.4) is 0 Å². The zero-order valence-electron chi connectivity index (χ0n) is 9.86. The van der Waals surface area contributed by atoms with Gasteiger partial charge in [0, 0.05) is 0 Å². The Kier molecular flexibility index (Phi) is 4.36. The minimum Gasteiger partial charge on any atom is -0.463 e. The van der Waals surface area contributed by atoms with E-state index in [0.717, 1.165) is 19.3 Å². The molecule has 1 aliphatic carbocycles. The molecule has 1 aliphatic rings. The standard InChI is InChI=1S/C11H16ClN3O2/c1-2-7-16-10-13-9(12)14-11(15-10)17-8-5-3-4-6-8/h8H,2-7H2,1H3. The topological polar surface area (TPSA) is 57.1 Å². The summed E-state index contributed by atoms with van der Waals surface area (Å²) in [6, 6.07) is 0.503. The number of rotatable bonds is 5. The maximum Gasteiger partial charge on any atom is 0.324 e. The van der Waals surface area contributed by atoms with Crippen LogP contribution in [0.2, 0.25) is 5.28 Å². The first kappa shape index (κ1) is 12.4. The molecule has 1 heterocycles. The molecule has 17 heavy (non-hydrogen) atoms. The highest BCUT2D eigenvalue weighted by Crippen LogP contribution is 2.23. The van der Waals surface area contributed by atoms with Crippen LogP contribution in [-0.4, -0.2) is 27.7 Å². The number of nitrogens with zero attached hydrogens (tertiary/aromatic N) is 3. The van der Waals surface area contributed by atoms with Gasteiger partial charge in [0.1, 0.15) is 6.10 Å². The number of aromatic nitrogens is 3. The number of halogens is 1. The first-order chi connectivity index (χ1) is 8.28. The summed E-state index contributed by atoms with van der Waals surface area (Å²) in [5, 5.41) is 0.110. The average molecular weight is 258 g/mol. The lowest BCUT2D eigenvalue weighted by Gasteiger charge is -2.11. The van der Waals surface area contributed by atoms with E-state index in [9.17, 15) is 0 Å². The minimum absolute atomic E-state index is 0.110. The van der Waals surface area contributed by atoms with Crippen LogP contribution < -0.4 is 9.47 Å². The molecular formula is C11H16ClN3O2. The lowest BCUT2D eigenvalue weighted by molar-refractivity contribution is 0.186. The summed E-state index contributed by atoms with van der Waals surface area (Å²) in [5.74, 6) is 0. The molecule has 1 fully saturated rings. The molecule has 94 valence electrons. The Bertz CT molecular complexity index is 370. The van der Waals surface area contributed by atoms with Gasteiger partial charge in [-0.05, 0) is 43.7 Å². The van der Waals surface area contributed by atoms with Gasteiger partial charge in [-0.3, -0.25) is 0 Å². The second-order valence-corrected chi connectivity index (χ2v) is 4.38. The van der Waals surface area contributed by atoms with Gasteiger partial charge in [-0.15, -0.1) is 4.98 Å². The molecule has 0 radical (unpaired) electrons. The van der Waals surface area contributed by atoms with Gasteiger partial charge in [-0.1, -0.05) is 6.92 Å². The van der Waals surface area contributed by atoms with Crippen molar-refractivity contribution in [2.24, 2.45) is 0 Å². The molecule has 1 saturated carbocycles. The zero-order valence-corrected chi connectivity index (χ0v) is 10.6. The fourth-order valence-corrected chi connectivity index (χ4v) is 1.93. The second kappa shape index (κ2) is 6.00. The third-order valence-electron chi connectivity index (χ3n) is 2.58. The molecular weight excluding hydrogens is 242 g/mol. The van der Waals surface area contributed by atoms with Crippen LogP contribution in [0.5, 0.6) is 12.0 Å². The van der Waals surface area contributed by atoms with Crippen molar-refractivity contribution in [2.45, 2.75) is 45.1 Å². The largest absolute Gasteiger partial charge is 0.463 e. The zero-order chi connectivity index (χ0) is 12.1. The molecule has 0 aromatic carbocycles. The van der Waals surface area contributed by atoms with Gasteiger partial charge >= 0.3 is 12.0 Å². The average Bonchev–Trinajstić information content (AvgIpc) is 2.78. The molecule has 0 unspecified atom stereocenters. The lowest BCUT2D eigenvalue weighted by atomic mass is 10.3. The quantitative estimate of drug-likeness (QED) is 0.812. The van der Waals surface area contributed by atoms with Crippen LogP contribution in [0.4, 0.5) is 0 Å². The van der Waals surface area contributed by atoms with E-state index in [0.29, 0.717) is 6.61 Å². The van der Waals surface area contributed by atoms with E-state index in [2.05, 4.69) is 15.0 Å². The van der Waals surface area contributed by atoms with E-state index in [1.165, 1.54) is 12.8 Å². The van der Waals surface area contributed by atoms with Gasteiger partial charge < -0.3 is 9.47 Å². The monoisotopic (exact) mass is 257 g/mol. The normalized spacial score (nSPS) is 16.1. The summed E-state index contributed by atoms with van der Waals surface area (Å²) in [6.45, 7) is 2.57. The molecule has 0 atom stereocenters. The van der Waals surface area contributed by atoms with Gasteiger partial charge in [0.25, 0.3) is 0 Å². The molecule has 0 aliphatic heterocycles. The predicted octanol–water partition coefficient (Wildman–Crippen LogP) is 2.64. The van der Waals surface area contributed by atoms with Crippen LogP contribution in [0.1, 0.15) is 39.0 Å². The van der Waals surface area contributed by atoms with Gasteiger partial charge in [-0.25, -0.2) is 0 Å². The number of hydrogen-bond donors (Lipinski definition) is 0. The first-order valence-corrected chi connectivity index (χ1v) is 6.36. The van der Waals surface area contributed by atoms with Gasteiger partial charge in [0.2, 0.25) is 5.28 Å². The predicted molar refractivity (Wildman–Crippen MR) is 63.5 cm³/mol. The van der Waals surface area contributed by atoms with E-state index in [1.54, 1.807) is 0 Å². The first-order valence-electron chi connectivity index (χ1n) is 5.99. The Morgan fingerprint density at radius 2 is 1.88 bits per heavy atom. The Morgan fingerprint density at radius 1 is 1.18 bits per heavy atom. The third-order valence-corrected chi connectivity index (χ3v) is 2.75. The van der Waals surface area contributed by atoms with E-state index >= 15 is 0 Å². The second-order valence-electron chi connectivity index (χ2n) is 4.04. The van der Waals surface area contributed by atoms with E-state index < -0.39 is 0 Å². The van der Waals surface area contributed by atoms with Crippen molar-refractivity contribution >= 4 is 11.6 Å². The summed E-state index contributed by atoms with van der Waals surface area (Å²) in [5.41, 5.74) is 0. The van der Waals surface area contributed by atoms with Crippen molar-refractivity contribution in [1.82, 2.24) is 15.0 Å². The van der Waals surface area contributed by atoms with Gasteiger partial charge in [0.05, 0.1) is 6.61 Å². The Balaban J connectivity index is 2.02. The fraction of sp³-hybridized carbons (Fsp3) is 0.727. The van der Waals surface area contributed by atoms with Crippen molar-refractivity contribution < 1.29 is 9.47 Å². The highest BCUT2D eigenvalue weighted by atomic mass is 35.5. The minimum atomic E-state index is 0.110. The maximum atomic E-state index is 5.79. The Labute approximate surface area is 106 Å². The molecule has 0 N–H and O–H groups in total. The number of ether oxygens (including phenoxy) is 2. The summed E-state index contributed by atoms with van der Waals surface area (Å²) in [7, 11) is 0. The Morgan fingerprint density at radius 3 is 2.59 bits per heavy atom. The molecule has 5 nitrogen and oxygen atoms in total. The van der Waals surface area contributed by atoms with Gasteiger partial charge in [0.15, 0.2) is 0 Å². The van der Waals surface area contributed by atoms with Crippen molar-refractivity contribution in [3.63, 3.8) is 0 Å². The molecule has 6 heteroatoms. The summed E-state index contributed by atoms with van der Waals surface area (Å²) in [4.78, 5) is 11.9. The molecule has 0 bridgehead atoms. The third kappa shape index (κ3) is 3.70. The lowest BCUT2D eigenvalue weighted by Crippen LogP contribution is -2.14. The van der Waals surface area contributed by atoms with Crippen LogP contribution >= 0.6 is 11.6 Å². The summed E-state index contributed by atoms with van der Waals surface area (Å²) >= 11 is 5.79. The van der Waals surface area contributed by atoms with Crippen molar-refractivity contribution in [1.29, 1.82) is 0 Å².